The molecule has 0 radical (unpaired) electrons. The van der Waals surface area contributed by atoms with E-state index in [2.05, 4.69) is 152 Å². The first kappa shape index (κ1) is 30.0. The van der Waals surface area contributed by atoms with Gasteiger partial charge in [-0.15, -0.1) is 0 Å². The van der Waals surface area contributed by atoms with E-state index >= 15 is 0 Å². The lowest BCUT2D eigenvalue weighted by atomic mass is 9.83. The quantitative estimate of drug-likeness (QED) is 0.172. The second-order valence-electron chi connectivity index (χ2n) is 13.4. The monoisotopic (exact) mass is 660 g/mol. The van der Waals surface area contributed by atoms with Crippen molar-refractivity contribution >= 4 is 43.1 Å². The summed E-state index contributed by atoms with van der Waals surface area (Å²) in [5.74, 6) is 0.723. The summed E-state index contributed by atoms with van der Waals surface area (Å²) < 4.78 is 0. The number of hydrogen-bond acceptors (Lipinski definition) is 2. The average Bonchev–Trinajstić information content (AvgIpc) is 3.22. The third-order valence-corrected chi connectivity index (χ3v) is 10.3. The molecule has 0 unspecified atom stereocenters. The van der Waals surface area contributed by atoms with Gasteiger partial charge in [-0.3, -0.25) is 0 Å². The van der Waals surface area contributed by atoms with Gasteiger partial charge in [0.2, 0.25) is 0 Å². The maximum atomic E-state index is 4.79. The summed E-state index contributed by atoms with van der Waals surface area (Å²) in [7, 11) is 0. The Morgan fingerprint density at radius 3 is 1.19 bits per heavy atom. The van der Waals surface area contributed by atoms with Crippen LogP contribution < -0.4 is 0 Å². The minimum absolute atomic E-state index is 0.723. The summed E-state index contributed by atoms with van der Waals surface area (Å²) in [6, 6.07) is 65.7. The van der Waals surface area contributed by atoms with Crippen LogP contribution in [-0.2, 0) is 0 Å². The van der Waals surface area contributed by atoms with Gasteiger partial charge in [-0.25, -0.2) is 9.97 Å². The molecule has 0 aliphatic carbocycles. The average molecular weight is 661 g/mol. The molecule has 10 rings (SSSR count). The highest BCUT2D eigenvalue weighted by Crippen LogP contribution is 2.46. The van der Waals surface area contributed by atoms with Gasteiger partial charge in [-0.2, -0.15) is 0 Å². The summed E-state index contributed by atoms with van der Waals surface area (Å²) in [5.41, 5.74) is 10.3. The third kappa shape index (κ3) is 5.21. The van der Waals surface area contributed by atoms with E-state index in [9.17, 15) is 0 Å². The van der Waals surface area contributed by atoms with Crippen molar-refractivity contribution < 1.29 is 0 Å². The molecule has 0 N–H and O–H groups in total. The Bertz CT molecular complexity index is 2930. The predicted molar refractivity (Wildman–Crippen MR) is 219 cm³/mol. The first-order valence-electron chi connectivity index (χ1n) is 17.7. The van der Waals surface area contributed by atoms with Crippen molar-refractivity contribution in [1.82, 2.24) is 9.97 Å². The van der Waals surface area contributed by atoms with Gasteiger partial charge in [0.1, 0.15) is 0 Å². The van der Waals surface area contributed by atoms with Gasteiger partial charge < -0.3 is 0 Å². The van der Waals surface area contributed by atoms with E-state index in [1.165, 1.54) is 76.5 Å². The van der Waals surface area contributed by atoms with Crippen LogP contribution in [0.3, 0.4) is 0 Å². The van der Waals surface area contributed by atoms with Crippen LogP contribution in [0.1, 0.15) is 0 Å². The fourth-order valence-electron chi connectivity index (χ4n) is 7.74. The van der Waals surface area contributed by atoms with Crippen molar-refractivity contribution in [2.75, 3.05) is 0 Å². The van der Waals surface area contributed by atoms with Gasteiger partial charge >= 0.3 is 0 Å². The second kappa shape index (κ2) is 12.5. The Balaban J connectivity index is 1.29. The fourth-order valence-corrected chi connectivity index (χ4v) is 7.74. The molecule has 0 atom stereocenters. The fraction of sp³-hybridized carbons (Fsp3) is 0. The van der Waals surface area contributed by atoms with Gasteiger partial charge in [0, 0.05) is 23.5 Å². The topological polar surface area (TPSA) is 25.8 Å². The largest absolute Gasteiger partial charge is 0.236 e. The van der Waals surface area contributed by atoms with E-state index in [0.717, 1.165) is 22.5 Å². The van der Waals surface area contributed by atoms with Gasteiger partial charge in [-0.05, 0) is 106 Å². The van der Waals surface area contributed by atoms with Crippen molar-refractivity contribution in [3.63, 3.8) is 0 Å². The van der Waals surface area contributed by atoms with Crippen molar-refractivity contribution in [3.05, 3.63) is 194 Å². The van der Waals surface area contributed by atoms with Crippen LogP contribution in [-0.4, -0.2) is 9.97 Å². The maximum absolute atomic E-state index is 4.79. The molecule has 52 heavy (non-hydrogen) atoms. The Morgan fingerprint density at radius 2 is 0.673 bits per heavy atom. The summed E-state index contributed by atoms with van der Waals surface area (Å²) in [4.78, 5) is 9.58. The number of aromatic nitrogens is 2. The highest BCUT2D eigenvalue weighted by Gasteiger charge is 2.19. The normalized spacial score (nSPS) is 11.5. The number of benzene rings is 9. The molecule has 0 bridgehead atoms. The molecular weight excluding hydrogens is 629 g/mol. The van der Waals surface area contributed by atoms with E-state index in [0.29, 0.717) is 0 Å². The Kier molecular flexibility index (Phi) is 7.18. The maximum Gasteiger partial charge on any atom is 0.159 e. The van der Waals surface area contributed by atoms with E-state index in [1.807, 2.05) is 42.7 Å². The van der Waals surface area contributed by atoms with E-state index in [-0.39, 0.29) is 0 Å². The predicted octanol–water partition coefficient (Wildman–Crippen LogP) is 13.4. The standard InChI is InChI=1S/C50H32N2/c1-3-11-33(12-4-1)39-23-25-44-46(29-39)48(41-21-19-34-13-7-9-17-37(34)27-41)45-26-24-40(43-31-51-50(52-32-43)36-15-5-2-6-16-36)30-47(45)49(44)42-22-20-35-14-8-10-18-38(35)28-42/h1-32H. The molecule has 0 aliphatic rings. The lowest BCUT2D eigenvalue weighted by Gasteiger charge is -2.20. The van der Waals surface area contributed by atoms with E-state index in [4.69, 9.17) is 9.97 Å². The van der Waals surface area contributed by atoms with Crippen molar-refractivity contribution in [1.29, 1.82) is 0 Å². The van der Waals surface area contributed by atoms with Crippen molar-refractivity contribution in [2.45, 2.75) is 0 Å². The third-order valence-electron chi connectivity index (χ3n) is 10.3. The zero-order chi connectivity index (χ0) is 34.4. The number of fused-ring (bicyclic) bond motifs is 4. The SMILES string of the molecule is c1ccc(-c2ccc3c(-c4ccc5ccccc5c4)c4cc(-c5cnc(-c6ccccc6)nc5)ccc4c(-c4ccc5ccccc5c4)c3c2)cc1. The number of hydrogen-bond donors (Lipinski definition) is 0. The minimum atomic E-state index is 0.723. The van der Waals surface area contributed by atoms with Gasteiger partial charge in [0.15, 0.2) is 5.82 Å². The van der Waals surface area contributed by atoms with Crippen LogP contribution in [0.5, 0.6) is 0 Å². The zero-order valence-electron chi connectivity index (χ0n) is 28.4. The first-order chi connectivity index (χ1) is 25.8. The summed E-state index contributed by atoms with van der Waals surface area (Å²) >= 11 is 0. The molecule has 1 aromatic heterocycles. The van der Waals surface area contributed by atoms with Crippen molar-refractivity contribution in [3.8, 4) is 55.9 Å². The highest BCUT2D eigenvalue weighted by atomic mass is 14.9. The van der Waals surface area contributed by atoms with E-state index in [1.54, 1.807) is 0 Å². The minimum Gasteiger partial charge on any atom is -0.236 e. The molecule has 0 aliphatic heterocycles. The van der Waals surface area contributed by atoms with Gasteiger partial charge in [0.05, 0.1) is 0 Å². The van der Waals surface area contributed by atoms with Gasteiger partial charge in [0.25, 0.3) is 0 Å². The lowest BCUT2D eigenvalue weighted by molar-refractivity contribution is 1.18. The van der Waals surface area contributed by atoms with Crippen LogP contribution in [0.25, 0.3) is 99.0 Å². The molecule has 0 amide bonds. The molecule has 1 heterocycles. The molecule has 0 saturated carbocycles. The number of rotatable bonds is 5. The smallest absolute Gasteiger partial charge is 0.159 e. The Morgan fingerprint density at radius 1 is 0.250 bits per heavy atom. The molecule has 0 spiro atoms. The van der Waals surface area contributed by atoms with Crippen LogP contribution in [0.4, 0.5) is 0 Å². The molecule has 2 nitrogen and oxygen atoms in total. The van der Waals surface area contributed by atoms with Crippen molar-refractivity contribution in [2.24, 2.45) is 0 Å². The lowest BCUT2D eigenvalue weighted by Crippen LogP contribution is -1.94. The molecule has 10 aromatic rings. The second-order valence-corrected chi connectivity index (χ2v) is 13.4. The number of nitrogens with zero attached hydrogens (tertiary/aromatic N) is 2. The molecule has 0 saturated heterocycles. The Hall–Kier alpha value is -6.90. The summed E-state index contributed by atoms with van der Waals surface area (Å²) in [6.07, 6.45) is 3.90. The first-order valence-corrected chi connectivity index (χ1v) is 17.7. The zero-order valence-corrected chi connectivity index (χ0v) is 28.4. The van der Waals surface area contributed by atoms with Gasteiger partial charge in [-0.1, -0.05) is 158 Å². The summed E-state index contributed by atoms with van der Waals surface area (Å²) in [5, 5.41) is 9.78. The Labute approximate surface area is 302 Å². The van der Waals surface area contributed by atoms with Crippen LogP contribution in [0, 0.1) is 0 Å². The summed E-state index contributed by atoms with van der Waals surface area (Å²) in [6.45, 7) is 0. The molecule has 0 fully saturated rings. The van der Waals surface area contributed by atoms with Crippen LogP contribution in [0.2, 0.25) is 0 Å². The molecule has 242 valence electrons. The molecule has 9 aromatic carbocycles. The van der Waals surface area contributed by atoms with Crippen LogP contribution in [0.15, 0.2) is 194 Å². The van der Waals surface area contributed by atoms with E-state index < -0.39 is 0 Å². The highest BCUT2D eigenvalue weighted by molar-refractivity contribution is 6.23. The molecular formula is C50H32N2. The van der Waals surface area contributed by atoms with Crippen LogP contribution >= 0.6 is 0 Å². The molecule has 2 heteroatoms.